The van der Waals surface area contributed by atoms with Gasteiger partial charge in [0.05, 0.1) is 4.90 Å². The number of hydrogen-bond donors (Lipinski definition) is 0. The Balaban J connectivity index is 1.26. The summed E-state index contributed by atoms with van der Waals surface area (Å²) in [4.78, 5) is 16.4. The largest absolute Gasteiger partial charge is 0.354 e. The van der Waals surface area contributed by atoms with E-state index in [2.05, 4.69) is 31.7 Å². The SMILES string of the molecule is Cc1nc(N2CCN(C)CC2)cc(N2CCN(S(=O)(=O)c3ccc(-c4ccccc4)cc3)CC2)n1. The highest BCUT2D eigenvalue weighted by Gasteiger charge is 2.29. The fourth-order valence-electron chi connectivity index (χ4n) is 4.65. The molecule has 0 N–H and O–H groups in total. The van der Waals surface area contributed by atoms with Gasteiger partial charge >= 0.3 is 0 Å². The van der Waals surface area contributed by atoms with Crippen LogP contribution in [-0.2, 0) is 10.0 Å². The summed E-state index contributed by atoms with van der Waals surface area (Å²) in [6.07, 6.45) is 0. The second-order valence-electron chi connectivity index (χ2n) is 9.20. The molecule has 184 valence electrons. The first-order valence-electron chi connectivity index (χ1n) is 12.1. The van der Waals surface area contributed by atoms with Crippen molar-refractivity contribution in [3.05, 3.63) is 66.5 Å². The summed E-state index contributed by atoms with van der Waals surface area (Å²) < 4.78 is 28.2. The van der Waals surface area contributed by atoms with Crippen LogP contribution in [0.25, 0.3) is 11.1 Å². The topological polar surface area (TPSA) is 72.9 Å². The molecule has 0 unspecified atom stereocenters. The van der Waals surface area contributed by atoms with E-state index in [0.29, 0.717) is 31.1 Å². The van der Waals surface area contributed by atoms with Gasteiger partial charge in [0.25, 0.3) is 0 Å². The van der Waals surface area contributed by atoms with Crippen molar-refractivity contribution < 1.29 is 8.42 Å². The molecule has 8 nitrogen and oxygen atoms in total. The molecule has 9 heteroatoms. The first-order chi connectivity index (χ1) is 16.9. The van der Waals surface area contributed by atoms with Gasteiger partial charge in [-0.1, -0.05) is 42.5 Å². The third-order valence-corrected chi connectivity index (χ3v) is 8.71. The zero-order valence-electron chi connectivity index (χ0n) is 20.3. The van der Waals surface area contributed by atoms with E-state index in [1.54, 1.807) is 16.4 Å². The van der Waals surface area contributed by atoms with Crippen molar-refractivity contribution in [2.75, 3.05) is 69.2 Å². The van der Waals surface area contributed by atoms with Gasteiger partial charge in [0.15, 0.2) is 0 Å². The maximum Gasteiger partial charge on any atom is 0.243 e. The number of nitrogens with zero attached hydrogens (tertiary/aromatic N) is 6. The Morgan fingerprint density at radius 2 is 1.20 bits per heavy atom. The number of likely N-dealkylation sites (N-methyl/N-ethyl adjacent to an activating group) is 1. The van der Waals surface area contributed by atoms with Gasteiger partial charge in [0, 0.05) is 58.4 Å². The summed E-state index contributed by atoms with van der Waals surface area (Å²) in [5.74, 6) is 2.56. The van der Waals surface area contributed by atoms with Crippen LogP contribution in [0.3, 0.4) is 0 Å². The van der Waals surface area contributed by atoms with Crippen molar-refractivity contribution in [3.63, 3.8) is 0 Å². The summed E-state index contributed by atoms with van der Waals surface area (Å²) in [6, 6.07) is 19.2. The minimum absolute atomic E-state index is 0.334. The Bertz CT molecular complexity index is 1250. The lowest BCUT2D eigenvalue weighted by Gasteiger charge is -2.36. The average Bonchev–Trinajstić information content (AvgIpc) is 2.89. The lowest BCUT2D eigenvalue weighted by molar-refractivity contribution is 0.312. The van der Waals surface area contributed by atoms with Gasteiger partial charge in [0.1, 0.15) is 17.5 Å². The van der Waals surface area contributed by atoms with Crippen LogP contribution in [0.5, 0.6) is 0 Å². The van der Waals surface area contributed by atoms with E-state index in [0.717, 1.165) is 54.8 Å². The predicted octanol–water partition coefficient (Wildman–Crippen LogP) is 2.71. The van der Waals surface area contributed by atoms with Crippen LogP contribution in [0.2, 0.25) is 0 Å². The molecule has 2 aliphatic heterocycles. The van der Waals surface area contributed by atoms with E-state index in [-0.39, 0.29) is 0 Å². The van der Waals surface area contributed by atoms with Crippen molar-refractivity contribution in [1.29, 1.82) is 0 Å². The zero-order chi connectivity index (χ0) is 24.4. The van der Waals surface area contributed by atoms with Gasteiger partial charge in [0.2, 0.25) is 10.0 Å². The van der Waals surface area contributed by atoms with Crippen LogP contribution in [-0.4, -0.2) is 87.0 Å². The highest BCUT2D eigenvalue weighted by Crippen LogP contribution is 2.25. The van der Waals surface area contributed by atoms with Gasteiger partial charge in [-0.3, -0.25) is 0 Å². The summed E-state index contributed by atoms with van der Waals surface area (Å²) in [6.45, 7) is 7.89. The molecule has 0 radical (unpaired) electrons. The molecule has 0 atom stereocenters. The molecule has 0 amide bonds. The third-order valence-electron chi connectivity index (χ3n) is 6.80. The second kappa shape index (κ2) is 9.93. The van der Waals surface area contributed by atoms with E-state index < -0.39 is 10.0 Å². The molecule has 0 bridgehead atoms. The number of aryl methyl sites for hydroxylation is 1. The lowest BCUT2D eigenvalue weighted by Crippen LogP contribution is -2.49. The van der Waals surface area contributed by atoms with Gasteiger partial charge in [-0.2, -0.15) is 4.31 Å². The summed E-state index contributed by atoms with van der Waals surface area (Å²) in [5, 5.41) is 0. The normalized spacial score (nSPS) is 18.1. The number of aromatic nitrogens is 2. The Kier molecular flexibility index (Phi) is 6.73. The molecule has 35 heavy (non-hydrogen) atoms. The number of hydrogen-bond acceptors (Lipinski definition) is 7. The van der Waals surface area contributed by atoms with Crippen LogP contribution in [0, 0.1) is 6.92 Å². The second-order valence-corrected chi connectivity index (χ2v) is 11.1. The molecule has 3 aromatic rings. The van der Waals surface area contributed by atoms with Crippen molar-refractivity contribution in [3.8, 4) is 11.1 Å². The minimum atomic E-state index is -3.54. The van der Waals surface area contributed by atoms with Gasteiger partial charge < -0.3 is 14.7 Å². The third kappa shape index (κ3) is 5.17. The molecule has 0 spiro atoms. The number of sulfonamides is 1. The van der Waals surface area contributed by atoms with Crippen LogP contribution in [0.15, 0.2) is 65.6 Å². The summed E-state index contributed by atoms with van der Waals surface area (Å²) >= 11 is 0. The molecule has 5 rings (SSSR count). The first kappa shape index (κ1) is 23.7. The molecule has 0 aliphatic carbocycles. The molecule has 2 aromatic carbocycles. The summed E-state index contributed by atoms with van der Waals surface area (Å²) in [7, 11) is -1.41. The standard InChI is InChI=1S/C26H32N6O2S/c1-21-27-25(30-14-12-29(2)13-15-30)20-26(28-21)31-16-18-32(19-17-31)35(33,34)24-10-8-23(9-11-24)22-6-4-3-5-7-22/h3-11,20H,12-19H2,1-2H3. The fourth-order valence-corrected chi connectivity index (χ4v) is 6.07. The highest BCUT2D eigenvalue weighted by atomic mass is 32.2. The Morgan fingerprint density at radius 3 is 1.77 bits per heavy atom. The monoisotopic (exact) mass is 492 g/mol. The van der Waals surface area contributed by atoms with Gasteiger partial charge in [-0.15, -0.1) is 0 Å². The molecule has 2 saturated heterocycles. The Labute approximate surface area is 207 Å². The Hall–Kier alpha value is -3.01. The van der Waals surface area contributed by atoms with E-state index in [4.69, 9.17) is 0 Å². The van der Waals surface area contributed by atoms with Crippen molar-refractivity contribution >= 4 is 21.7 Å². The van der Waals surface area contributed by atoms with Crippen molar-refractivity contribution in [2.24, 2.45) is 0 Å². The fraction of sp³-hybridized carbons (Fsp3) is 0.385. The van der Waals surface area contributed by atoms with Gasteiger partial charge in [-0.05, 0) is 37.2 Å². The van der Waals surface area contributed by atoms with E-state index in [1.807, 2.05) is 55.5 Å². The van der Waals surface area contributed by atoms with Crippen molar-refractivity contribution in [2.45, 2.75) is 11.8 Å². The number of benzene rings is 2. The number of piperazine rings is 2. The molecule has 2 aliphatic rings. The van der Waals surface area contributed by atoms with Crippen molar-refractivity contribution in [1.82, 2.24) is 19.2 Å². The molecular weight excluding hydrogens is 460 g/mol. The van der Waals surface area contributed by atoms with E-state index in [1.165, 1.54) is 0 Å². The first-order valence-corrected chi connectivity index (χ1v) is 13.5. The smallest absolute Gasteiger partial charge is 0.243 e. The van der Waals surface area contributed by atoms with E-state index >= 15 is 0 Å². The Morgan fingerprint density at radius 1 is 0.686 bits per heavy atom. The molecule has 1 aromatic heterocycles. The molecule has 3 heterocycles. The summed E-state index contributed by atoms with van der Waals surface area (Å²) in [5.41, 5.74) is 2.07. The lowest BCUT2D eigenvalue weighted by atomic mass is 10.1. The quantitative estimate of drug-likeness (QED) is 0.542. The number of rotatable bonds is 5. The van der Waals surface area contributed by atoms with Crippen LogP contribution in [0.4, 0.5) is 11.6 Å². The maximum atomic E-state index is 13.3. The number of anilines is 2. The van der Waals surface area contributed by atoms with Crippen LogP contribution in [0.1, 0.15) is 5.82 Å². The van der Waals surface area contributed by atoms with Crippen LogP contribution < -0.4 is 9.80 Å². The van der Waals surface area contributed by atoms with E-state index in [9.17, 15) is 8.42 Å². The predicted molar refractivity (Wildman–Crippen MR) is 139 cm³/mol. The van der Waals surface area contributed by atoms with Gasteiger partial charge in [-0.25, -0.2) is 18.4 Å². The van der Waals surface area contributed by atoms with Crippen LogP contribution >= 0.6 is 0 Å². The zero-order valence-corrected chi connectivity index (χ0v) is 21.2. The molecule has 0 saturated carbocycles. The highest BCUT2D eigenvalue weighted by molar-refractivity contribution is 7.89. The minimum Gasteiger partial charge on any atom is -0.354 e. The molecular formula is C26H32N6O2S. The molecule has 2 fully saturated rings. The maximum absolute atomic E-state index is 13.3. The average molecular weight is 493 g/mol.